The predicted octanol–water partition coefficient (Wildman–Crippen LogP) is 0.506. The zero-order chi connectivity index (χ0) is 16.8. The zero-order valence-electron chi connectivity index (χ0n) is 12.0. The van der Waals surface area contributed by atoms with Crippen molar-refractivity contribution in [3.63, 3.8) is 0 Å². The van der Waals surface area contributed by atoms with Crippen molar-refractivity contribution in [1.82, 2.24) is 5.32 Å². The first-order valence-electron chi connectivity index (χ1n) is 6.78. The standard InChI is InChI=1S/C14H15ClN2O6/c15-17(9-4-2-1-3-5-9)14(21)12-11(22-8-23-12)13(20)16-7-6-10(18)19/h1-5,11-12H,6-8H2,(H,16,20)(H,18,19)/t11-,12-/m1/s1. The smallest absolute Gasteiger partial charge is 0.305 e. The third kappa shape index (κ3) is 4.41. The van der Waals surface area contributed by atoms with Gasteiger partial charge in [-0.25, -0.2) is 4.42 Å². The van der Waals surface area contributed by atoms with E-state index in [4.69, 9.17) is 26.4 Å². The highest BCUT2D eigenvalue weighted by atomic mass is 35.5. The maximum atomic E-state index is 12.4. The molecular weight excluding hydrogens is 328 g/mol. The maximum Gasteiger partial charge on any atom is 0.305 e. The minimum Gasteiger partial charge on any atom is -0.481 e. The van der Waals surface area contributed by atoms with E-state index in [9.17, 15) is 14.4 Å². The highest BCUT2D eigenvalue weighted by Gasteiger charge is 2.42. The number of hydrogen-bond donors (Lipinski definition) is 2. The molecule has 23 heavy (non-hydrogen) atoms. The van der Waals surface area contributed by atoms with Crippen LogP contribution in [-0.4, -0.2) is 48.4 Å². The van der Waals surface area contributed by atoms with Crippen LogP contribution in [0.2, 0.25) is 0 Å². The molecule has 1 aliphatic rings. The average Bonchev–Trinajstić information content (AvgIpc) is 3.03. The Bertz CT molecular complexity index is 582. The Morgan fingerprint density at radius 1 is 1.22 bits per heavy atom. The second-order valence-electron chi connectivity index (χ2n) is 4.68. The van der Waals surface area contributed by atoms with E-state index in [1.54, 1.807) is 30.3 Å². The molecule has 2 atom stereocenters. The second kappa shape index (κ2) is 7.91. The summed E-state index contributed by atoms with van der Waals surface area (Å²) in [4.78, 5) is 34.8. The van der Waals surface area contributed by atoms with Crippen molar-refractivity contribution >= 4 is 35.2 Å². The predicted molar refractivity (Wildman–Crippen MR) is 79.7 cm³/mol. The van der Waals surface area contributed by atoms with E-state index in [0.717, 1.165) is 4.42 Å². The number of nitrogens with zero attached hydrogens (tertiary/aromatic N) is 1. The fourth-order valence-electron chi connectivity index (χ4n) is 1.97. The molecule has 0 unspecified atom stereocenters. The maximum absolute atomic E-state index is 12.4. The number of ether oxygens (including phenoxy) is 2. The molecule has 0 saturated carbocycles. The number of anilines is 1. The van der Waals surface area contributed by atoms with Gasteiger partial charge in [0.1, 0.15) is 6.79 Å². The molecule has 0 spiro atoms. The Balaban J connectivity index is 1.99. The molecule has 2 amide bonds. The summed E-state index contributed by atoms with van der Waals surface area (Å²) in [7, 11) is 0. The quantitative estimate of drug-likeness (QED) is 0.730. The fourth-order valence-corrected chi connectivity index (χ4v) is 2.17. The normalized spacial score (nSPS) is 20.0. The number of para-hydroxylation sites is 1. The second-order valence-corrected chi connectivity index (χ2v) is 5.02. The number of halogens is 1. The van der Waals surface area contributed by atoms with Crippen molar-refractivity contribution in [3.8, 4) is 0 Å². The summed E-state index contributed by atoms with van der Waals surface area (Å²) in [5.74, 6) is -2.31. The number of nitrogens with one attached hydrogen (secondary N) is 1. The molecule has 8 nitrogen and oxygen atoms in total. The summed E-state index contributed by atoms with van der Waals surface area (Å²) >= 11 is 5.99. The number of carbonyl (C=O) groups excluding carboxylic acids is 2. The van der Waals surface area contributed by atoms with E-state index in [-0.39, 0.29) is 19.8 Å². The summed E-state index contributed by atoms with van der Waals surface area (Å²) in [6.07, 6.45) is -2.61. The number of carboxylic acid groups (broad SMARTS) is 1. The van der Waals surface area contributed by atoms with Gasteiger partial charge in [0.25, 0.3) is 11.8 Å². The number of aliphatic carboxylic acids is 1. The van der Waals surface area contributed by atoms with Crippen LogP contribution in [0.25, 0.3) is 0 Å². The van der Waals surface area contributed by atoms with Gasteiger partial charge in [-0.3, -0.25) is 14.4 Å². The zero-order valence-corrected chi connectivity index (χ0v) is 12.7. The SMILES string of the molecule is O=C(O)CCNC(=O)[C@@H]1OCO[C@H]1C(=O)N(Cl)c1ccccc1. The van der Waals surface area contributed by atoms with E-state index >= 15 is 0 Å². The molecular formula is C14H15ClN2O6. The molecule has 0 bridgehead atoms. The Morgan fingerprint density at radius 3 is 2.52 bits per heavy atom. The van der Waals surface area contributed by atoms with Gasteiger partial charge < -0.3 is 19.9 Å². The molecule has 0 aliphatic carbocycles. The summed E-state index contributed by atoms with van der Waals surface area (Å²) in [5, 5.41) is 10.9. The Kier molecular flexibility index (Phi) is 5.91. The highest BCUT2D eigenvalue weighted by Crippen LogP contribution is 2.22. The molecule has 1 heterocycles. The number of hydrogen-bond acceptors (Lipinski definition) is 5. The van der Waals surface area contributed by atoms with Gasteiger partial charge in [-0.05, 0) is 12.1 Å². The lowest BCUT2D eigenvalue weighted by atomic mass is 10.1. The van der Waals surface area contributed by atoms with Crippen LogP contribution < -0.4 is 9.74 Å². The Labute approximate surface area is 137 Å². The monoisotopic (exact) mass is 342 g/mol. The third-order valence-corrected chi connectivity index (χ3v) is 3.45. The van der Waals surface area contributed by atoms with Crippen molar-refractivity contribution in [2.24, 2.45) is 0 Å². The van der Waals surface area contributed by atoms with Crippen molar-refractivity contribution in [2.75, 3.05) is 17.8 Å². The molecule has 0 radical (unpaired) electrons. The van der Waals surface area contributed by atoms with Gasteiger partial charge in [0, 0.05) is 18.3 Å². The summed E-state index contributed by atoms with van der Waals surface area (Å²) < 4.78 is 11.1. The lowest BCUT2D eigenvalue weighted by Gasteiger charge is -2.20. The van der Waals surface area contributed by atoms with E-state index in [2.05, 4.69) is 5.32 Å². The van der Waals surface area contributed by atoms with Gasteiger partial charge in [-0.2, -0.15) is 0 Å². The third-order valence-electron chi connectivity index (χ3n) is 3.09. The Hall–Kier alpha value is -2.16. The number of carboxylic acids is 1. The molecule has 2 N–H and O–H groups in total. The van der Waals surface area contributed by atoms with Gasteiger partial charge in [0.05, 0.1) is 12.1 Å². The van der Waals surface area contributed by atoms with Crippen LogP contribution in [0.4, 0.5) is 5.69 Å². The van der Waals surface area contributed by atoms with Gasteiger partial charge in [0.15, 0.2) is 12.2 Å². The molecule has 9 heteroatoms. The minimum atomic E-state index is -1.20. The lowest BCUT2D eigenvalue weighted by Crippen LogP contribution is -2.47. The highest BCUT2D eigenvalue weighted by molar-refractivity contribution is 6.37. The molecule has 1 aromatic carbocycles. The minimum absolute atomic E-state index is 0.0712. The van der Waals surface area contributed by atoms with Gasteiger partial charge in [-0.1, -0.05) is 18.2 Å². The van der Waals surface area contributed by atoms with Crippen LogP contribution >= 0.6 is 11.8 Å². The van der Waals surface area contributed by atoms with Crippen LogP contribution in [-0.2, 0) is 23.9 Å². The van der Waals surface area contributed by atoms with Gasteiger partial charge in [-0.15, -0.1) is 0 Å². The molecule has 1 saturated heterocycles. The lowest BCUT2D eigenvalue weighted by molar-refractivity contribution is -0.138. The van der Waals surface area contributed by atoms with Crippen LogP contribution in [0.5, 0.6) is 0 Å². The number of amides is 2. The van der Waals surface area contributed by atoms with Crippen LogP contribution in [0.1, 0.15) is 6.42 Å². The van der Waals surface area contributed by atoms with Gasteiger partial charge in [0.2, 0.25) is 0 Å². The summed E-state index contributed by atoms with van der Waals surface area (Å²) in [6, 6.07) is 8.44. The van der Waals surface area contributed by atoms with Gasteiger partial charge >= 0.3 is 5.97 Å². The molecule has 0 aromatic heterocycles. The Morgan fingerprint density at radius 2 is 1.87 bits per heavy atom. The van der Waals surface area contributed by atoms with E-state index in [1.165, 1.54) is 0 Å². The number of carbonyl (C=O) groups is 3. The molecule has 124 valence electrons. The summed E-state index contributed by atoms with van der Waals surface area (Å²) in [5.41, 5.74) is 0.430. The summed E-state index contributed by atoms with van der Waals surface area (Å²) in [6.45, 7) is -0.300. The number of rotatable bonds is 6. The molecule has 1 fully saturated rings. The van der Waals surface area contributed by atoms with Crippen molar-refractivity contribution in [2.45, 2.75) is 18.6 Å². The van der Waals surface area contributed by atoms with E-state index < -0.39 is 30.0 Å². The van der Waals surface area contributed by atoms with Crippen LogP contribution in [0, 0.1) is 0 Å². The number of benzene rings is 1. The fraction of sp³-hybridized carbons (Fsp3) is 0.357. The largest absolute Gasteiger partial charge is 0.481 e. The molecule has 1 aliphatic heterocycles. The van der Waals surface area contributed by atoms with Crippen molar-refractivity contribution in [3.05, 3.63) is 30.3 Å². The average molecular weight is 343 g/mol. The first kappa shape index (κ1) is 17.2. The van der Waals surface area contributed by atoms with E-state index in [1.807, 2.05) is 0 Å². The topological polar surface area (TPSA) is 105 Å². The molecule has 2 rings (SSSR count). The molecule has 1 aromatic rings. The van der Waals surface area contributed by atoms with Crippen molar-refractivity contribution in [1.29, 1.82) is 0 Å². The van der Waals surface area contributed by atoms with Crippen LogP contribution in [0.3, 0.4) is 0 Å². The van der Waals surface area contributed by atoms with Crippen molar-refractivity contribution < 1.29 is 29.0 Å². The first-order valence-corrected chi connectivity index (χ1v) is 7.12. The van der Waals surface area contributed by atoms with Crippen LogP contribution in [0.15, 0.2) is 30.3 Å². The van der Waals surface area contributed by atoms with E-state index in [0.29, 0.717) is 5.69 Å². The first-order chi connectivity index (χ1) is 11.0.